The maximum absolute atomic E-state index is 14.4. The second-order valence-electron chi connectivity index (χ2n) is 9.08. The van der Waals surface area contributed by atoms with E-state index in [1.807, 2.05) is 19.2 Å². The highest BCUT2D eigenvalue weighted by atomic mass is 35.5. The minimum absolute atomic E-state index is 0.0346. The number of nitrogens with one attached hydrogen (secondary N) is 3. The fourth-order valence-electron chi connectivity index (χ4n) is 4.95. The van der Waals surface area contributed by atoms with Crippen LogP contribution in [0.2, 0.25) is 5.02 Å². The van der Waals surface area contributed by atoms with Crippen molar-refractivity contribution in [1.82, 2.24) is 20.2 Å². The second kappa shape index (κ2) is 9.83. The Bertz CT molecular complexity index is 1260. The first-order chi connectivity index (χ1) is 17.0. The molecule has 0 radical (unpaired) electrons. The molecule has 10 heteroatoms. The number of anilines is 3. The first-order valence-electron chi connectivity index (χ1n) is 11.8. The minimum Gasteiger partial charge on any atom is -0.491 e. The fourth-order valence-corrected chi connectivity index (χ4v) is 5.13. The molecule has 2 aromatic carbocycles. The number of amides is 1. The normalized spacial score (nSPS) is 19.9. The van der Waals surface area contributed by atoms with E-state index in [4.69, 9.17) is 16.3 Å². The number of nitrogens with zero attached hydrogens (tertiary/aromatic N) is 3. The lowest BCUT2D eigenvalue weighted by Gasteiger charge is -2.21. The lowest BCUT2D eigenvalue weighted by Crippen LogP contribution is -2.34. The Morgan fingerprint density at radius 3 is 2.94 bits per heavy atom. The molecule has 1 spiro atoms. The van der Waals surface area contributed by atoms with Gasteiger partial charge in [0.05, 0.1) is 33.9 Å². The summed E-state index contributed by atoms with van der Waals surface area (Å²) in [6.07, 6.45) is 4.12. The lowest BCUT2D eigenvalue weighted by molar-refractivity contribution is -0.127. The molecule has 1 unspecified atom stereocenters. The van der Waals surface area contributed by atoms with Gasteiger partial charge in [0.25, 0.3) is 0 Å². The van der Waals surface area contributed by atoms with Crippen molar-refractivity contribution in [2.75, 3.05) is 50.5 Å². The summed E-state index contributed by atoms with van der Waals surface area (Å²) in [5.74, 6) is 0.789. The van der Waals surface area contributed by atoms with Crippen LogP contribution in [-0.4, -0.2) is 60.6 Å². The lowest BCUT2D eigenvalue weighted by atomic mass is 9.86. The van der Waals surface area contributed by atoms with Gasteiger partial charge in [-0.05, 0) is 50.1 Å². The van der Waals surface area contributed by atoms with Crippen molar-refractivity contribution in [2.24, 2.45) is 5.41 Å². The molecule has 8 nitrogen and oxygen atoms in total. The first-order valence-corrected chi connectivity index (χ1v) is 12.2. The Morgan fingerprint density at radius 1 is 1.26 bits per heavy atom. The first kappa shape index (κ1) is 23.6. The van der Waals surface area contributed by atoms with Gasteiger partial charge >= 0.3 is 0 Å². The molecule has 3 N–H and O–H groups in total. The van der Waals surface area contributed by atoms with Gasteiger partial charge in [-0.1, -0.05) is 17.7 Å². The molecular weight excluding hydrogens is 471 g/mol. The molecule has 0 bridgehead atoms. The average Bonchev–Trinajstić information content (AvgIpc) is 3.44. The number of carbonyl (C=O) groups is 1. The number of hydrogen-bond acceptors (Lipinski definition) is 7. The molecule has 1 atom stereocenters. The zero-order valence-corrected chi connectivity index (χ0v) is 20.3. The Labute approximate surface area is 208 Å². The maximum Gasteiger partial charge on any atom is 0.227 e. The van der Waals surface area contributed by atoms with Crippen molar-refractivity contribution in [3.8, 4) is 5.75 Å². The number of rotatable bonds is 8. The number of hydrogen-bond donors (Lipinski definition) is 3. The maximum atomic E-state index is 14.4. The quantitative estimate of drug-likeness (QED) is 0.401. The standard InChI is InChI=1S/C25H28ClFN6O2/c1-28-20-13-19-16(23(31-15-30-19)32-18-5-2-4-17(26)22(18)27)12-21(20)35-11-3-9-33-10-7-25(14-33)6-8-29-24(25)34/h2,4-5,12-13,15,28H,3,6-11,14H2,1H3,(H,29,34)(H,30,31,32). The minimum atomic E-state index is -0.539. The van der Waals surface area contributed by atoms with E-state index in [9.17, 15) is 9.18 Å². The van der Waals surface area contributed by atoms with Crippen LogP contribution in [-0.2, 0) is 4.79 Å². The van der Waals surface area contributed by atoms with Crippen molar-refractivity contribution >= 4 is 45.6 Å². The van der Waals surface area contributed by atoms with E-state index in [0.29, 0.717) is 29.1 Å². The van der Waals surface area contributed by atoms with Gasteiger partial charge in [-0.3, -0.25) is 4.79 Å². The molecule has 1 amide bonds. The molecule has 1 aromatic heterocycles. The summed E-state index contributed by atoms with van der Waals surface area (Å²) in [5.41, 5.74) is 1.54. The summed E-state index contributed by atoms with van der Waals surface area (Å²) in [6, 6.07) is 8.52. The van der Waals surface area contributed by atoms with Crippen LogP contribution in [0.1, 0.15) is 19.3 Å². The molecule has 2 fully saturated rings. The van der Waals surface area contributed by atoms with E-state index in [-0.39, 0.29) is 22.0 Å². The van der Waals surface area contributed by atoms with Gasteiger partial charge in [-0.25, -0.2) is 14.4 Å². The highest BCUT2D eigenvalue weighted by Gasteiger charge is 2.46. The van der Waals surface area contributed by atoms with Crippen molar-refractivity contribution in [1.29, 1.82) is 0 Å². The predicted molar refractivity (Wildman–Crippen MR) is 135 cm³/mol. The predicted octanol–water partition coefficient (Wildman–Crippen LogP) is 4.19. The van der Waals surface area contributed by atoms with Gasteiger partial charge in [0.15, 0.2) is 5.82 Å². The van der Waals surface area contributed by atoms with E-state index in [1.54, 1.807) is 12.1 Å². The Morgan fingerprint density at radius 2 is 2.14 bits per heavy atom. The smallest absolute Gasteiger partial charge is 0.227 e. The highest BCUT2D eigenvalue weighted by molar-refractivity contribution is 6.31. The molecule has 2 saturated heterocycles. The summed E-state index contributed by atoms with van der Waals surface area (Å²) < 4.78 is 20.6. The zero-order chi connectivity index (χ0) is 24.4. The summed E-state index contributed by atoms with van der Waals surface area (Å²) in [7, 11) is 1.83. The summed E-state index contributed by atoms with van der Waals surface area (Å²) in [4.78, 5) is 23.2. The Kier molecular flexibility index (Phi) is 6.62. The van der Waals surface area contributed by atoms with Gasteiger partial charge in [0.2, 0.25) is 5.91 Å². The van der Waals surface area contributed by atoms with Gasteiger partial charge in [-0.2, -0.15) is 0 Å². The van der Waals surface area contributed by atoms with Crippen LogP contribution in [0, 0.1) is 11.2 Å². The number of likely N-dealkylation sites (tertiary alicyclic amines) is 1. The molecule has 3 aromatic rings. The van der Waals surface area contributed by atoms with Crippen LogP contribution in [0.5, 0.6) is 5.75 Å². The van der Waals surface area contributed by atoms with Crippen molar-refractivity contribution in [3.63, 3.8) is 0 Å². The van der Waals surface area contributed by atoms with E-state index < -0.39 is 5.82 Å². The number of benzene rings is 2. The third kappa shape index (κ3) is 4.70. The van der Waals surface area contributed by atoms with E-state index >= 15 is 0 Å². The van der Waals surface area contributed by atoms with Gasteiger partial charge < -0.3 is 25.6 Å². The Balaban J connectivity index is 1.27. The SMILES string of the molecule is CNc1cc2ncnc(Nc3cccc(Cl)c3F)c2cc1OCCCN1CCC2(CCNC2=O)C1. The zero-order valence-electron chi connectivity index (χ0n) is 19.5. The van der Waals surface area contributed by atoms with Crippen LogP contribution in [0.4, 0.5) is 21.6 Å². The number of carbonyl (C=O) groups excluding carboxylic acids is 1. The number of halogens is 2. The third-order valence-electron chi connectivity index (χ3n) is 6.89. The molecule has 2 aliphatic heterocycles. The number of ether oxygens (including phenoxy) is 1. The molecule has 0 saturated carbocycles. The van der Waals surface area contributed by atoms with Gasteiger partial charge in [0.1, 0.15) is 17.9 Å². The van der Waals surface area contributed by atoms with Crippen LogP contribution in [0.25, 0.3) is 10.9 Å². The molecule has 3 heterocycles. The van der Waals surface area contributed by atoms with Crippen LogP contribution in [0.3, 0.4) is 0 Å². The second-order valence-corrected chi connectivity index (χ2v) is 9.49. The van der Waals surface area contributed by atoms with Crippen molar-refractivity contribution in [3.05, 3.63) is 47.5 Å². The van der Waals surface area contributed by atoms with E-state index in [1.165, 1.54) is 12.4 Å². The average molecular weight is 499 g/mol. The topological polar surface area (TPSA) is 91.4 Å². The third-order valence-corrected chi connectivity index (χ3v) is 7.18. The van der Waals surface area contributed by atoms with Crippen molar-refractivity contribution in [2.45, 2.75) is 19.3 Å². The van der Waals surface area contributed by atoms with E-state index in [0.717, 1.165) is 51.1 Å². The van der Waals surface area contributed by atoms with Gasteiger partial charge in [0, 0.05) is 32.1 Å². The molecule has 35 heavy (non-hydrogen) atoms. The van der Waals surface area contributed by atoms with Crippen LogP contribution < -0.4 is 20.7 Å². The molecule has 0 aliphatic carbocycles. The Hall–Kier alpha value is -3.17. The van der Waals surface area contributed by atoms with E-state index in [2.05, 4.69) is 30.8 Å². The molecule has 5 rings (SSSR count). The van der Waals surface area contributed by atoms with Crippen LogP contribution >= 0.6 is 11.6 Å². The largest absolute Gasteiger partial charge is 0.491 e. The van der Waals surface area contributed by atoms with Crippen LogP contribution in [0.15, 0.2) is 36.7 Å². The molecule has 184 valence electrons. The summed E-state index contributed by atoms with van der Waals surface area (Å²) in [5, 5.41) is 9.89. The van der Waals surface area contributed by atoms with Gasteiger partial charge in [-0.15, -0.1) is 0 Å². The molecule has 2 aliphatic rings. The summed E-state index contributed by atoms with van der Waals surface area (Å²) in [6.45, 7) is 3.95. The highest BCUT2D eigenvalue weighted by Crippen LogP contribution is 2.37. The molecular formula is C25H28ClFN6O2. The fraction of sp³-hybridized carbons (Fsp3) is 0.400. The monoisotopic (exact) mass is 498 g/mol. The summed E-state index contributed by atoms with van der Waals surface area (Å²) >= 11 is 5.92. The number of aromatic nitrogens is 2. The number of fused-ring (bicyclic) bond motifs is 1. The van der Waals surface area contributed by atoms with Crippen molar-refractivity contribution < 1.29 is 13.9 Å².